The molecule has 0 amide bonds. The Bertz CT molecular complexity index is 463. The van der Waals surface area contributed by atoms with Gasteiger partial charge in [0.2, 0.25) is 0 Å². The van der Waals surface area contributed by atoms with Crippen molar-refractivity contribution >= 4 is 14.0 Å². The number of rotatable bonds is 4. The normalized spacial score (nSPS) is 12.2. The molecule has 0 aromatic heterocycles. The van der Waals surface area contributed by atoms with Gasteiger partial charge in [0.05, 0.1) is 7.11 Å². The first-order valence-corrected chi connectivity index (χ1v) is 10.1. The first-order chi connectivity index (χ1) is 8.92. The summed E-state index contributed by atoms with van der Waals surface area (Å²) in [6.45, 7) is 6.67. The molecule has 3 heteroatoms. The SMILES string of the molecule is COC(=O)CC[C@@H](C#C[Si](C)(C)C)c1ccccc1. The number of hydrogen-bond acceptors (Lipinski definition) is 2. The fraction of sp³-hybridized carbons (Fsp3) is 0.438. The second-order valence-corrected chi connectivity index (χ2v) is 10.3. The zero-order valence-corrected chi connectivity index (χ0v) is 13.2. The van der Waals surface area contributed by atoms with Crippen LogP contribution in [0.2, 0.25) is 19.6 Å². The highest BCUT2D eigenvalue weighted by Crippen LogP contribution is 2.21. The molecule has 1 aromatic rings. The fourth-order valence-electron chi connectivity index (χ4n) is 1.68. The summed E-state index contributed by atoms with van der Waals surface area (Å²) in [6.07, 6.45) is 1.13. The van der Waals surface area contributed by atoms with Crippen molar-refractivity contribution in [2.45, 2.75) is 38.4 Å². The van der Waals surface area contributed by atoms with Crippen molar-refractivity contribution < 1.29 is 9.53 Å². The Morgan fingerprint density at radius 3 is 2.42 bits per heavy atom. The van der Waals surface area contributed by atoms with E-state index in [9.17, 15) is 4.79 Å². The third-order valence-electron chi connectivity index (χ3n) is 2.69. The summed E-state index contributed by atoms with van der Waals surface area (Å²) < 4.78 is 4.70. The molecule has 0 radical (unpaired) electrons. The molecular weight excluding hydrogens is 252 g/mol. The van der Waals surface area contributed by atoms with E-state index >= 15 is 0 Å². The highest BCUT2D eigenvalue weighted by Gasteiger charge is 2.13. The van der Waals surface area contributed by atoms with Gasteiger partial charge in [-0.05, 0) is 12.0 Å². The predicted octanol–water partition coefficient (Wildman–Crippen LogP) is 3.60. The molecule has 0 aliphatic rings. The molecule has 0 saturated heterocycles. The molecule has 0 heterocycles. The van der Waals surface area contributed by atoms with E-state index in [0.717, 1.165) is 0 Å². The number of carbonyl (C=O) groups is 1. The van der Waals surface area contributed by atoms with E-state index in [4.69, 9.17) is 4.74 Å². The van der Waals surface area contributed by atoms with Crippen LogP contribution < -0.4 is 0 Å². The molecule has 2 nitrogen and oxygen atoms in total. The minimum Gasteiger partial charge on any atom is -0.469 e. The zero-order valence-electron chi connectivity index (χ0n) is 12.2. The van der Waals surface area contributed by atoms with Crippen LogP contribution >= 0.6 is 0 Å². The second kappa shape index (κ2) is 7.15. The fourth-order valence-corrected chi connectivity index (χ4v) is 2.28. The maximum absolute atomic E-state index is 11.3. The highest BCUT2D eigenvalue weighted by molar-refractivity contribution is 6.83. The molecule has 0 aliphatic heterocycles. The monoisotopic (exact) mass is 274 g/mol. The van der Waals surface area contributed by atoms with Crippen molar-refractivity contribution in [3.05, 3.63) is 35.9 Å². The third kappa shape index (κ3) is 6.26. The molecule has 0 N–H and O–H groups in total. The van der Waals surface area contributed by atoms with Crippen LogP contribution in [-0.2, 0) is 9.53 Å². The number of carbonyl (C=O) groups excluding carboxylic acids is 1. The lowest BCUT2D eigenvalue weighted by Crippen LogP contribution is -2.17. The number of ether oxygens (including phenoxy) is 1. The first-order valence-electron chi connectivity index (χ1n) is 6.57. The van der Waals surface area contributed by atoms with Crippen LogP contribution in [0.25, 0.3) is 0 Å². The van der Waals surface area contributed by atoms with Gasteiger partial charge in [-0.25, -0.2) is 0 Å². The number of benzene rings is 1. The largest absolute Gasteiger partial charge is 0.469 e. The van der Waals surface area contributed by atoms with Gasteiger partial charge in [-0.15, -0.1) is 11.5 Å². The van der Waals surface area contributed by atoms with E-state index in [1.54, 1.807) is 0 Å². The maximum atomic E-state index is 11.3. The van der Waals surface area contributed by atoms with Crippen molar-refractivity contribution in [3.63, 3.8) is 0 Å². The van der Waals surface area contributed by atoms with Gasteiger partial charge in [0.15, 0.2) is 0 Å². The Hall–Kier alpha value is -1.53. The van der Waals surface area contributed by atoms with E-state index < -0.39 is 8.07 Å². The molecule has 0 spiro atoms. The minimum absolute atomic E-state index is 0.118. The molecule has 0 aliphatic carbocycles. The number of hydrogen-bond donors (Lipinski definition) is 0. The van der Waals surface area contributed by atoms with Crippen molar-refractivity contribution in [3.8, 4) is 11.5 Å². The summed E-state index contributed by atoms with van der Waals surface area (Å²) in [4.78, 5) is 11.3. The van der Waals surface area contributed by atoms with E-state index in [0.29, 0.717) is 12.8 Å². The van der Waals surface area contributed by atoms with Gasteiger partial charge in [-0.1, -0.05) is 50.0 Å². The molecular formula is C16H22O2Si. The second-order valence-electron chi connectivity index (χ2n) is 5.60. The Morgan fingerprint density at radius 1 is 1.26 bits per heavy atom. The van der Waals surface area contributed by atoms with Crippen molar-refractivity contribution in [2.24, 2.45) is 0 Å². The average Bonchev–Trinajstić information content (AvgIpc) is 2.38. The zero-order chi connectivity index (χ0) is 14.3. The van der Waals surface area contributed by atoms with Gasteiger partial charge in [0.25, 0.3) is 0 Å². The lowest BCUT2D eigenvalue weighted by atomic mass is 9.95. The molecule has 0 bridgehead atoms. The third-order valence-corrected chi connectivity index (χ3v) is 3.58. The van der Waals surface area contributed by atoms with Gasteiger partial charge in [0, 0.05) is 12.3 Å². The summed E-state index contributed by atoms with van der Waals surface area (Å²) in [7, 11) is 0.0295. The summed E-state index contributed by atoms with van der Waals surface area (Å²) in [6, 6.07) is 10.2. The predicted molar refractivity (Wildman–Crippen MR) is 81.6 cm³/mol. The van der Waals surface area contributed by atoms with Crippen LogP contribution in [0.15, 0.2) is 30.3 Å². The van der Waals surface area contributed by atoms with E-state index in [1.807, 2.05) is 18.2 Å². The van der Waals surface area contributed by atoms with Crippen molar-refractivity contribution in [1.82, 2.24) is 0 Å². The summed E-state index contributed by atoms with van der Waals surface area (Å²) in [5.74, 6) is 3.31. The molecule has 102 valence electrons. The Labute approximate surface area is 117 Å². The Balaban J connectivity index is 2.85. The quantitative estimate of drug-likeness (QED) is 0.476. The topological polar surface area (TPSA) is 26.3 Å². The van der Waals surface area contributed by atoms with Crippen LogP contribution in [0.3, 0.4) is 0 Å². The van der Waals surface area contributed by atoms with E-state index in [-0.39, 0.29) is 11.9 Å². The lowest BCUT2D eigenvalue weighted by Gasteiger charge is -2.12. The van der Waals surface area contributed by atoms with Gasteiger partial charge in [-0.3, -0.25) is 4.79 Å². The molecule has 1 atom stereocenters. The standard InChI is InChI=1S/C16H22O2Si/c1-18-16(17)11-10-15(12-13-19(2,3)4)14-8-6-5-7-9-14/h5-9,15H,10-11H2,1-4H3/t15-/m0/s1. The summed E-state index contributed by atoms with van der Waals surface area (Å²) >= 11 is 0. The van der Waals surface area contributed by atoms with Crippen LogP contribution in [0.4, 0.5) is 0 Å². The summed E-state index contributed by atoms with van der Waals surface area (Å²) in [5, 5.41) is 0. The first kappa shape index (κ1) is 15.5. The molecule has 1 rings (SSSR count). The number of methoxy groups -OCH3 is 1. The van der Waals surface area contributed by atoms with Crippen LogP contribution in [-0.4, -0.2) is 21.2 Å². The van der Waals surface area contributed by atoms with Crippen molar-refractivity contribution in [1.29, 1.82) is 0 Å². The van der Waals surface area contributed by atoms with Crippen LogP contribution in [0.5, 0.6) is 0 Å². The smallest absolute Gasteiger partial charge is 0.305 e. The molecule has 0 unspecified atom stereocenters. The van der Waals surface area contributed by atoms with Crippen LogP contribution in [0, 0.1) is 11.5 Å². The summed E-state index contributed by atoms with van der Waals surface area (Å²) in [5.41, 5.74) is 4.58. The minimum atomic E-state index is -1.39. The number of esters is 1. The Morgan fingerprint density at radius 2 is 1.89 bits per heavy atom. The molecule has 19 heavy (non-hydrogen) atoms. The molecule has 0 saturated carbocycles. The average molecular weight is 274 g/mol. The Kier molecular flexibility index (Phi) is 5.84. The van der Waals surface area contributed by atoms with Gasteiger partial charge in [-0.2, -0.15) is 0 Å². The van der Waals surface area contributed by atoms with E-state index in [2.05, 4.69) is 43.2 Å². The van der Waals surface area contributed by atoms with Gasteiger partial charge < -0.3 is 4.74 Å². The molecule has 1 aromatic carbocycles. The molecule has 0 fully saturated rings. The highest BCUT2D eigenvalue weighted by atomic mass is 28.3. The lowest BCUT2D eigenvalue weighted by molar-refractivity contribution is -0.140. The van der Waals surface area contributed by atoms with Gasteiger partial charge in [0.1, 0.15) is 8.07 Å². The van der Waals surface area contributed by atoms with Gasteiger partial charge >= 0.3 is 5.97 Å². The van der Waals surface area contributed by atoms with Crippen LogP contribution in [0.1, 0.15) is 24.3 Å². The van der Waals surface area contributed by atoms with Crippen molar-refractivity contribution in [2.75, 3.05) is 7.11 Å². The van der Waals surface area contributed by atoms with E-state index in [1.165, 1.54) is 12.7 Å². The maximum Gasteiger partial charge on any atom is 0.305 e.